The monoisotopic (exact) mass is 264 g/mol. The lowest BCUT2D eigenvalue weighted by Crippen LogP contribution is -2.05. The summed E-state index contributed by atoms with van der Waals surface area (Å²) in [7, 11) is 1.59. The van der Waals surface area contributed by atoms with Crippen molar-refractivity contribution in [1.29, 1.82) is 0 Å². The standard InChI is InChI=1S/C13H13ClN2O2/c1-18-13-3-2-10(14)6-9(13)7-12(17)11-4-5-15-8-16-11/h2-6,8,12,17H,7H2,1H3. The van der Waals surface area contributed by atoms with Crippen molar-refractivity contribution in [2.75, 3.05) is 7.11 Å². The zero-order valence-electron chi connectivity index (χ0n) is 9.88. The molecule has 0 fully saturated rings. The predicted molar refractivity (Wildman–Crippen MR) is 68.7 cm³/mol. The second kappa shape index (κ2) is 5.80. The van der Waals surface area contributed by atoms with Crippen LogP contribution in [0, 0.1) is 0 Å². The Labute approximate surface area is 110 Å². The molecule has 0 saturated carbocycles. The summed E-state index contributed by atoms with van der Waals surface area (Å²) in [6.45, 7) is 0. The van der Waals surface area contributed by atoms with Crippen molar-refractivity contribution >= 4 is 11.6 Å². The molecule has 1 aromatic heterocycles. The van der Waals surface area contributed by atoms with Crippen LogP contribution < -0.4 is 4.74 Å². The fourth-order valence-electron chi connectivity index (χ4n) is 1.72. The normalized spacial score (nSPS) is 12.2. The zero-order chi connectivity index (χ0) is 13.0. The van der Waals surface area contributed by atoms with Crippen LogP contribution in [0.3, 0.4) is 0 Å². The number of rotatable bonds is 4. The molecule has 4 nitrogen and oxygen atoms in total. The largest absolute Gasteiger partial charge is 0.496 e. The molecule has 1 unspecified atom stereocenters. The number of benzene rings is 1. The van der Waals surface area contributed by atoms with Crippen LogP contribution in [0.1, 0.15) is 17.4 Å². The van der Waals surface area contributed by atoms with Gasteiger partial charge in [-0.05, 0) is 29.8 Å². The highest BCUT2D eigenvalue weighted by Gasteiger charge is 2.13. The van der Waals surface area contributed by atoms with E-state index in [-0.39, 0.29) is 0 Å². The first-order chi connectivity index (χ1) is 8.70. The van der Waals surface area contributed by atoms with Crippen molar-refractivity contribution in [3.05, 3.63) is 53.1 Å². The molecule has 18 heavy (non-hydrogen) atoms. The van der Waals surface area contributed by atoms with Gasteiger partial charge >= 0.3 is 0 Å². The van der Waals surface area contributed by atoms with E-state index in [1.165, 1.54) is 6.33 Å². The highest BCUT2D eigenvalue weighted by atomic mass is 35.5. The van der Waals surface area contributed by atoms with Gasteiger partial charge in [-0.25, -0.2) is 9.97 Å². The fraction of sp³-hybridized carbons (Fsp3) is 0.231. The Hall–Kier alpha value is -1.65. The second-order valence-corrected chi connectivity index (χ2v) is 4.25. The van der Waals surface area contributed by atoms with Gasteiger partial charge in [0, 0.05) is 17.6 Å². The van der Waals surface area contributed by atoms with Crippen LogP contribution in [0.5, 0.6) is 5.75 Å². The van der Waals surface area contributed by atoms with Crippen LogP contribution in [0.4, 0.5) is 0 Å². The second-order valence-electron chi connectivity index (χ2n) is 3.81. The molecular weight excluding hydrogens is 252 g/mol. The quantitative estimate of drug-likeness (QED) is 0.921. The highest BCUT2D eigenvalue weighted by molar-refractivity contribution is 6.30. The van der Waals surface area contributed by atoms with E-state index in [1.54, 1.807) is 37.6 Å². The van der Waals surface area contributed by atoms with E-state index < -0.39 is 6.10 Å². The molecule has 0 spiro atoms. The third-order valence-corrected chi connectivity index (χ3v) is 2.84. The molecule has 0 radical (unpaired) electrons. The fourth-order valence-corrected chi connectivity index (χ4v) is 1.91. The molecule has 1 N–H and O–H groups in total. The molecule has 94 valence electrons. The van der Waals surface area contributed by atoms with Gasteiger partial charge in [0.05, 0.1) is 12.8 Å². The molecule has 1 atom stereocenters. The number of methoxy groups -OCH3 is 1. The van der Waals surface area contributed by atoms with Crippen LogP contribution in [0.2, 0.25) is 5.02 Å². The Balaban J connectivity index is 2.21. The summed E-state index contributed by atoms with van der Waals surface area (Å²) in [5.41, 5.74) is 1.42. The van der Waals surface area contributed by atoms with Gasteiger partial charge in [-0.15, -0.1) is 0 Å². The van der Waals surface area contributed by atoms with Gasteiger partial charge in [-0.3, -0.25) is 0 Å². The van der Waals surface area contributed by atoms with Crippen LogP contribution >= 0.6 is 11.6 Å². The number of hydrogen-bond acceptors (Lipinski definition) is 4. The van der Waals surface area contributed by atoms with Gasteiger partial charge in [0.1, 0.15) is 18.2 Å². The molecule has 0 aliphatic heterocycles. The molecule has 2 aromatic rings. The maximum Gasteiger partial charge on any atom is 0.122 e. The van der Waals surface area contributed by atoms with Gasteiger partial charge in [-0.1, -0.05) is 11.6 Å². The van der Waals surface area contributed by atoms with Crippen molar-refractivity contribution < 1.29 is 9.84 Å². The maximum absolute atomic E-state index is 10.1. The summed E-state index contributed by atoms with van der Waals surface area (Å²) in [5, 5.41) is 10.7. The molecule has 0 saturated heterocycles. The first kappa shape index (κ1) is 12.8. The van der Waals surface area contributed by atoms with Crippen molar-refractivity contribution in [3.8, 4) is 5.75 Å². The third-order valence-electron chi connectivity index (χ3n) is 2.60. The number of aliphatic hydroxyl groups excluding tert-OH is 1. The summed E-state index contributed by atoms with van der Waals surface area (Å²) >= 11 is 5.94. The first-order valence-electron chi connectivity index (χ1n) is 5.47. The lowest BCUT2D eigenvalue weighted by Gasteiger charge is -2.13. The molecule has 0 aliphatic rings. The maximum atomic E-state index is 10.1. The molecule has 0 bridgehead atoms. The zero-order valence-corrected chi connectivity index (χ0v) is 10.6. The van der Waals surface area contributed by atoms with Crippen molar-refractivity contribution in [1.82, 2.24) is 9.97 Å². The van der Waals surface area contributed by atoms with E-state index >= 15 is 0 Å². The average Bonchev–Trinajstić information content (AvgIpc) is 2.40. The average molecular weight is 265 g/mol. The van der Waals surface area contributed by atoms with Crippen molar-refractivity contribution in [3.63, 3.8) is 0 Å². The third kappa shape index (κ3) is 2.97. The Kier molecular flexibility index (Phi) is 4.12. The molecule has 1 heterocycles. The SMILES string of the molecule is COc1ccc(Cl)cc1CC(O)c1ccncn1. The number of ether oxygens (including phenoxy) is 1. The number of aliphatic hydroxyl groups is 1. The minimum Gasteiger partial charge on any atom is -0.496 e. The number of halogens is 1. The van der Waals surface area contributed by atoms with Crippen LogP contribution in [0.25, 0.3) is 0 Å². The number of nitrogens with zero attached hydrogens (tertiary/aromatic N) is 2. The lowest BCUT2D eigenvalue weighted by atomic mass is 10.0. The molecule has 5 heteroatoms. The number of aromatic nitrogens is 2. The van der Waals surface area contributed by atoms with Crippen LogP contribution in [-0.2, 0) is 6.42 Å². The smallest absolute Gasteiger partial charge is 0.122 e. The van der Waals surface area contributed by atoms with Gasteiger partial charge in [-0.2, -0.15) is 0 Å². The molecule has 1 aromatic carbocycles. The first-order valence-corrected chi connectivity index (χ1v) is 5.85. The Morgan fingerprint density at radius 2 is 2.22 bits per heavy atom. The van der Waals surface area contributed by atoms with E-state index in [0.717, 1.165) is 5.56 Å². The summed E-state index contributed by atoms with van der Waals surface area (Å²) < 4.78 is 5.23. The molecular formula is C13H13ClN2O2. The van der Waals surface area contributed by atoms with Gasteiger partial charge < -0.3 is 9.84 Å². The Bertz CT molecular complexity index is 520. The highest BCUT2D eigenvalue weighted by Crippen LogP contribution is 2.26. The van der Waals surface area contributed by atoms with Gasteiger partial charge in [0.2, 0.25) is 0 Å². The summed E-state index contributed by atoms with van der Waals surface area (Å²) in [5.74, 6) is 0.701. The summed E-state index contributed by atoms with van der Waals surface area (Å²) in [4.78, 5) is 7.83. The van der Waals surface area contributed by atoms with Crippen molar-refractivity contribution in [2.24, 2.45) is 0 Å². The van der Waals surface area contributed by atoms with E-state index in [1.807, 2.05) is 0 Å². The van der Waals surface area contributed by atoms with E-state index in [4.69, 9.17) is 16.3 Å². The molecule has 2 rings (SSSR count). The van der Waals surface area contributed by atoms with Crippen molar-refractivity contribution in [2.45, 2.75) is 12.5 Å². The summed E-state index contributed by atoms with van der Waals surface area (Å²) in [6, 6.07) is 7.00. The van der Waals surface area contributed by atoms with Gasteiger partial charge in [0.15, 0.2) is 0 Å². The summed E-state index contributed by atoms with van der Waals surface area (Å²) in [6.07, 6.45) is 2.69. The van der Waals surface area contributed by atoms with Crippen LogP contribution in [-0.4, -0.2) is 22.2 Å². The molecule has 0 amide bonds. The Morgan fingerprint density at radius 1 is 1.39 bits per heavy atom. The number of hydrogen-bond donors (Lipinski definition) is 1. The van der Waals surface area contributed by atoms with E-state index in [0.29, 0.717) is 22.9 Å². The van der Waals surface area contributed by atoms with E-state index in [9.17, 15) is 5.11 Å². The minimum absolute atomic E-state index is 0.390. The topological polar surface area (TPSA) is 55.2 Å². The Morgan fingerprint density at radius 3 is 2.89 bits per heavy atom. The van der Waals surface area contributed by atoms with Gasteiger partial charge in [0.25, 0.3) is 0 Å². The predicted octanol–water partition coefficient (Wildman–Crippen LogP) is 2.41. The minimum atomic E-state index is -0.708. The van der Waals surface area contributed by atoms with Crippen LogP contribution in [0.15, 0.2) is 36.8 Å². The molecule has 0 aliphatic carbocycles. The van der Waals surface area contributed by atoms with E-state index in [2.05, 4.69) is 9.97 Å². The lowest BCUT2D eigenvalue weighted by molar-refractivity contribution is 0.172.